The molecule has 1 aliphatic heterocycles. The number of hydrogen-bond acceptors (Lipinski definition) is 3. The van der Waals surface area contributed by atoms with E-state index >= 15 is 0 Å². The second-order valence-corrected chi connectivity index (χ2v) is 6.15. The zero-order valence-electron chi connectivity index (χ0n) is 13.3. The molecule has 20 heavy (non-hydrogen) atoms. The average Bonchev–Trinajstić information content (AvgIpc) is 2.88. The standard InChI is InChI=1S/C16H30N4/c1-4-8-17-14(2)15-6-5-10-20(13-15)11-7-16-18-9-12-19(16)3/h9,12,14-15,17H,4-8,10-11,13H2,1-3H3. The Balaban J connectivity index is 1.77. The van der Waals surface area contributed by atoms with Gasteiger partial charge in [0.15, 0.2) is 0 Å². The molecule has 2 atom stereocenters. The number of rotatable bonds is 7. The van der Waals surface area contributed by atoms with E-state index in [-0.39, 0.29) is 0 Å². The van der Waals surface area contributed by atoms with Crippen LogP contribution in [0.3, 0.4) is 0 Å². The van der Waals surface area contributed by atoms with Crippen LogP contribution in [-0.2, 0) is 13.5 Å². The molecule has 2 heterocycles. The van der Waals surface area contributed by atoms with E-state index in [2.05, 4.69) is 40.7 Å². The van der Waals surface area contributed by atoms with Gasteiger partial charge in [-0.3, -0.25) is 0 Å². The van der Waals surface area contributed by atoms with Gasteiger partial charge in [-0.15, -0.1) is 0 Å². The highest BCUT2D eigenvalue weighted by Crippen LogP contribution is 2.20. The van der Waals surface area contributed by atoms with Gasteiger partial charge in [-0.2, -0.15) is 0 Å². The van der Waals surface area contributed by atoms with Gasteiger partial charge in [0.25, 0.3) is 0 Å². The average molecular weight is 278 g/mol. The first-order valence-corrected chi connectivity index (χ1v) is 8.12. The van der Waals surface area contributed by atoms with Gasteiger partial charge in [-0.1, -0.05) is 6.92 Å². The van der Waals surface area contributed by atoms with Gasteiger partial charge in [-0.25, -0.2) is 4.98 Å². The summed E-state index contributed by atoms with van der Waals surface area (Å²) in [7, 11) is 2.08. The van der Waals surface area contributed by atoms with Crippen LogP contribution in [0.4, 0.5) is 0 Å². The van der Waals surface area contributed by atoms with Crippen molar-refractivity contribution in [1.29, 1.82) is 0 Å². The second-order valence-electron chi connectivity index (χ2n) is 6.15. The van der Waals surface area contributed by atoms with E-state index < -0.39 is 0 Å². The van der Waals surface area contributed by atoms with Gasteiger partial charge in [-0.05, 0) is 45.2 Å². The summed E-state index contributed by atoms with van der Waals surface area (Å²) < 4.78 is 2.13. The molecule has 1 N–H and O–H groups in total. The molecule has 1 aliphatic rings. The molecule has 1 aromatic rings. The molecule has 114 valence electrons. The zero-order chi connectivity index (χ0) is 14.4. The quantitative estimate of drug-likeness (QED) is 0.829. The zero-order valence-corrected chi connectivity index (χ0v) is 13.3. The lowest BCUT2D eigenvalue weighted by molar-refractivity contribution is 0.151. The molecule has 0 radical (unpaired) electrons. The molecule has 4 heteroatoms. The summed E-state index contributed by atoms with van der Waals surface area (Å²) in [5.74, 6) is 2.00. The van der Waals surface area contributed by atoms with Crippen molar-refractivity contribution in [1.82, 2.24) is 19.8 Å². The number of nitrogens with one attached hydrogen (secondary N) is 1. The van der Waals surface area contributed by atoms with E-state index in [0.717, 1.165) is 25.4 Å². The molecular formula is C16H30N4. The summed E-state index contributed by atoms with van der Waals surface area (Å²) in [6.07, 6.45) is 8.92. The van der Waals surface area contributed by atoms with Crippen LogP contribution in [0.5, 0.6) is 0 Å². The minimum absolute atomic E-state index is 0.644. The summed E-state index contributed by atoms with van der Waals surface area (Å²) in [4.78, 5) is 7.04. The Bertz CT molecular complexity index is 388. The minimum Gasteiger partial charge on any atom is -0.338 e. The molecule has 0 bridgehead atoms. The lowest BCUT2D eigenvalue weighted by Gasteiger charge is -2.36. The number of nitrogens with zero attached hydrogens (tertiary/aromatic N) is 3. The van der Waals surface area contributed by atoms with Gasteiger partial charge in [0.1, 0.15) is 5.82 Å². The first-order chi connectivity index (χ1) is 9.70. The normalized spacial score (nSPS) is 22.1. The Hall–Kier alpha value is -0.870. The number of aromatic nitrogens is 2. The predicted octanol–water partition coefficient (Wildman–Crippen LogP) is 2.06. The van der Waals surface area contributed by atoms with E-state index in [0.29, 0.717) is 6.04 Å². The van der Waals surface area contributed by atoms with Crippen LogP contribution in [0.1, 0.15) is 38.9 Å². The lowest BCUT2D eigenvalue weighted by atomic mass is 9.91. The molecule has 4 nitrogen and oxygen atoms in total. The van der Waals surface area contributed by atoms with Crippen molar-refractivity contribution in [3.8, 4) is 0 Å². The Morgan fingerprint density at radius 2 is 2.35 bits per heavy atom. The monoisotopic (exact) mass is 278 g/mol. The highest BCUT2D eigenvalue weighted by molar-refractivity contribution is 4.92. The summed E-state index contributed by atoms with van der Waals surface area (Å²) in [5.41, 5.74) is 0. The molecule has 2 rings (SSSR count). The van der Waals surface area contributed by atoms with Crippen molar-refractivity contribution in [2.45, 2.75) is 45.6 Å². The topological polar surface area (TPSA) is 33.1 Å². The van der Waals surface area contributed by atoms with Crippen molar-refractivity contribution < 1.29 is 0 Å². The van der Waals surface area contributed by atoms with Crippen molar-refractivity contribution in [2.75, 3.05) is 26.2 Å². The first-order valence-electron chi connectivity index (χ1n) is 8.12. The smallest absolute Gasteiger partial charge is 0.109 e. The maximum atomic E-state index is 4.42. The van der Waals surface area contributed by atoms with E-state index in [1.807, 2.05) is 12.4 Å². The van der Waals surface area contributed by atoms with E-state index in [1.54, 1.807) is 0 Å². The minimum atomic E-state index is 0.644. The fourth-order valence-corrected chi connectivity index (χ4v) is 3.14. The fourth-order valence-electron chi connectivity index (χ4n) is 3.14. The Morgan fingerprint density at radius 1 is 1.50 bits per heavy atom. The molecule has 2 unspecified atom stereocenters. The summed E-state index contributed by atoms with van der Waals surface area (Å²) in [6, 6.07) is 0.644. The Kier molecular flexibility index (Phi) is 6.05. The van der Waals surface area contributed by atoms with Crippen LogP contribution in [0.25, 0.3) is 0 Å². The molecule has 1 aromatic heterocycles. The van der Waals surface area contributed by atoms with E-state index in [1.165, 1.54) is 38.2 Å². The number of imidazole rings is 1. The number of hydrogen-bond donors (Lipinski definition) is 1. The van der Waals surface area contributed by atoms with Crippen molar-refractivity contribution in [3.63, 3.8) is 0 Å². The first kappa shape index (κ1) is 15.5. The highest BCUT2D eigenvalue weighted by atomic mass is 15.1. The van der Waals surface area contributed by atoms with Crippen LogP contribution < -0.4 is 5.32 Å². The molecule has 1 saturated heterocycles. The fraction of sp³-hybridized carbons (Fsp3) is 0.812. The molecule has 0 aromatic carbocycles. The third kappa shape index (κ3) is 4.32. The predicted molar refractivity (Wildman–Crippen MR) is 83.8 cm³/mol. The Morgan fingerprint density at radius 3 is 3.05 bits per heavy atom. The highest BCUT2D eigenvalue weighted by Gasteiger charge is 2.24. The van der Waals surface area contributed by atoms with Gasteiger partial charge in [0, 0.05) is 45.0 Å². The molecule has 0 amide bonds. The van der Waals surface area contributed by atoms with Crippen LogP contribution in [0, 0.1) is 5.92 Å². The van der Waals surface area contributed by atoms with Crippen molar-refractivity contribution >= 4 is 0 Å². The molecule has 0 spiro atoms. The number of likely N-dealkylation sites (tertiary alicyclic amines) is 1. The third-order valence-electron chi connectivity index (χ3n) is 4.54. The number of aryl methyl sites for hydroxylation is 1. The molecule has 0 saturated carbocycles. The molecular weight excluding hydrogens is 248 g/mol. The van der Waals surface area contributed by atoms with E-state index in [4.69, 9.17) is 0 Å². The largest absolute Gasteiger partial charge is 0.338 e. The van der Waals surface area contributed by atoms with Crippen LogP contribution in [0.15, 0.2) is 12.4 Å². The van der Waals surface area contributed by atoms with Gasteiger partial charge < -0.3 is 14.8 Å². The van der Waals surface area contributed by atoms with Crippen molar-refractivity contribution in [3.05, 3.63) is 18.2 Å². The number of piperidine rings is 1. The van der Waals surface area contributed by atoms with E-state index in [9.17, 15) is 0 Å². The SMILES string of the molecule is CCCNC(C)C1CCCN(CCc2nccn2C)C1. The van der Waals surface area contributed by atoms with Crippen molar-refractivity contribution in [2.24, 2.45) is 13.0 Å². The summed E-state index contributed by atoms with van der Waals surface area (Å²) in [6.45, 7) is 9.36. The molecule has 0 aliphatic carbocycles. The second kappa shape index (κ2) is 7.79. The summed E-state index contributed by atoms with van der Waals surface area (Å²) >= 11 is 0. The maximum Gasteiger partial charge on any atom is 0.109 e. The van der Waals surface area contributed by atoms with Crippen LogP contribution in [0.2, 0.25) is 0 Å². The third-order valence-corrected chi connectivity index (χ3v) is 4.54. The maximum absolute atomic E-state index is 4.42. The van der Waals surface area contributed by atoms with Gasteiger partial charge >= 0.3 is 0 Å². The lowest BCUT2D eigenvalue weighted by Crippen LogP contribution is -2.45. The van der Waals surface area contributed by atoms with Gasteiger partial charge in [0.05, 0.1) is 0 Å². The van der Waals surface area contributed by atoms with Crippen LogP contribution >= 0.6 is 0 Å². The summed E-state index contributed by atoms with van der Waals surface area (Å²) in [5, 5.41) is 3.66. The van der Waals surface area contributed by atoms with Crippen LogP contribution in [-0.4, -0.2) is 46.7 Å². The van der Waals surface area contributed by atoms with Gasteiger partial charge in [0.2, 0.25) is 0 Å². The Labute approximate surface area is 123 Å². The molecule has 1 fully saturated rings.